The van der Waals surface area contributed by atoms with Gasteiger partial charge in [-0.2, -0.15) is 18.4 Å². The molecule has 0 atom stereocenters. The van der Waals surface area contributed by atoms with Crippen LogP contribution in [0.25, 0.3) is 0 Å². The molecule has 1 aliphatic heterocycles. The van der Waals surface area contributed by atoms with E-state index in [1.807, 2.05) is 0 Å². The fourth-order valence-corrected chi connectivity index (χ4v) is 2.40. The van der Waals surface area contributed by atoms with Gasteiger partial charge in [0.25, 0.3) is 0 Å². The zero-order valence-corrected chi connectivity index (χ0v) is 11.8. The van der Waals surface area contributed by atoms with Crippen molar-refractivity contribution >= 4 is 12.0 Å². The third-order valence-electron chi connectivity index (χ3n) is 3.51. The summed E-state index contributed by atoms with van der Waals surface area (Å²) in [7, 11) is 0. The van der Waals surface area contributed by atoms with Gasteiger partial charge in [-0.3, -0.25) is 9.69 Å². The molecule has 6 nitrogen and oxygen atoms in total. The maximum atomic E-state index is 13.2. The molecule has 0 radical (unpaired) electrons. The van der Waals surface area contributed by atoms with E-state index in [2.05, 4.69) is 0 Å². The standard InChI is InChI=1S/C14H12F3N3O3/c15-14(16,17)12-9(6-18)2-1-3-10(12)7-19-4-5-20(13(22)23)8-11(19)21/h1-3H,4-5,7-8H2,(H,22,23). The third kappa shape index (κ3) is 3.53. The summed E-state index contributed by atoms with van der Waals surface area (Å²) in [5.74, 6) is -0.575. The minimum absolute atomic E-state index is 0.000782. The number of amides is 2. The minimum atomic E-state index is -4.71. The molecule has 0 unspecified atom stereocenters. The number of halogens is 3. The van der Waals surface area contributed by atoms with Gasteiger partial charge >= 0.3 is 12.3 Å². The molecule has 0 aliphatic carbocycles. The van der Waals surface area contributed by atoms with Crippen molar-refractivity contribution in [3.8, 4) is 6.07 Å². The molecule has 0 saturated carbocycles. The second kappa shape index (κ2) is 6.16. The number of hydrogen-bond acceptors (Lipinski definition) is 3. The molecule has 0 bridgehead atoms. The molecule has 1 fully saturated rings. The van der Waals surface area contributed by atoms with Crippen molar-refractivity contribution in [3.63, 3.8) is 0 Å². The molecule has 1 saturated heterocycles. The van der Waals surface area contributed by atoms with Gasteiger partial charge in [-0.15, -0.1) is 0 Å². The Morgan fingerprint density at radius 1 is 1.35 bits per heavy atom. The van der Waals surface area contributed by atoms with Crippen LogP contribution >= 0.6 is 0 Å². The fourth-order valence-electron chi connectivity index (χ4n) is 2.40. The van der Waals surface area contributed by atoms with Gasteiger partial charge in [0, 0.05) is 19.6 Å². The van der Waals surface area contributed by atoms with Crippen LogP contribution in [-0.4, -0.2) is 46.5 Å². The van der Waals surface area contributed by atoms with Crippen LogP contribution in [0, 0.1) is 11.3 Å². The number of carbonyl (C=O) groups is 2. The predicted octanol–water partition coefficient (Wildman–Crippen LogP) is 1.90. The van der Waals surface area contributed by atoms with Gasteiger partial charge in [0.1, 0.15) is 6.54 Å². The Balaban J connectivity index is 2.27. The number of alkyl halides is 3. The van der Waals surface area contributed by atoms with Crippen LogP contribution in [0.5, 0.6) is 0 Å². The van der Waals surface area contributed by atoms with Crippen molar-refractivity contribution in [3.05, 3.63) is 34.9 Å². The van der Waals surface area contributed by atoms with Gasteiger partial charge < -0.3 is 10.0 Å². The summed E-state index contributed by atoms with van der Waals surface area (Å²) in [5, 5.41) is 17.7. The molecule has 122 valence electrons. The van der Waals surface area contributed by atoms with E-state index in [0.29, 0.717) is 0 Å². The second-order valence-corrected chi connectivity index (χ2v) is 4.97. The average molecular weight is 327 g/mol. The molecule has 1 N–H and O–H groups in total. The Hall–Kier alpha value is -2.76. The molecule has 1 heterocycles. The molecule has 1 aromatic carbocycles. The number of carbonyl (C=O) groups excluding carboxylic acids is 1. The van der Waals surface area contributed by atoms with Crippen molar-refractivity contribution in [2.75, 3.05) is 19.6 Å². The van der Waals surface area contributed by atoms with E-state index in [0.717, 1.165) is 15.9 Å². The summed E-state index contributed by atoms with van der Waals surface area (Å²) in [4.78, 5) is 24.8. The number of hydrogen-bond donors (Lipinski definition) is 1. The van der Waals surface area contributed by atoms with E-state index in [9.17, 15) is 22.8 Å². The summed E-state index contributed by atoms with van der Waals surface area (Å²) in [6.07, 6.45) is -5.96. The van der Waals surface area contributed by atoms with Crippen molar-refractivity contribution in [2.24, 2.45) is 0 Å². The van der Waals surface area contributed by atoms with Crippen LogP contribution in [0.15, 0.2) is 18.2 Å². The Morgan fingerprint density at radius 3 is 2.57 bits per heavy atom. The van der Waals surface area contributed by atoms with Crippen LogP contribution in [0.3, 0.4) is 0 Å². The SMILES string of the molecule is N#Cc1cccc(CN2CCN(C(=O)O)CC2=O)c1C(F)(F)F. The quantitative estimate of drug-likeness (QED) is 0.899. The molecule has 2 rings (SSSR count). The molecular weight excluding hydrogens is 315 g/mol. The van der Waals surface area contributed by atoms with E-state index < -0.39 is 35.8 Å². The summed E-state index contributed by atoms with van der Waals surface area (Å²) in [6.45, 7) is -0.690. The first kappa shape index (κ1) is 16.6. The Morgan fingerprint density at radius 2 is 2.04 bits per heavy atom. The molecule has 23 heavy (non-hydrogen) atoms. The lowest BCUT2D eigenvalue weighted by molar-refractivity contribution is -0.141. The van der Waals surface area contributed by atoms with Gasteiger partial charge in [0.05, 0.1) is 17.2 Å². The Bertz CT molecular complexity index is 682. The number of nitrogens with zero attached hydrogens (tertiary/aromatic N) is 3. The van der Waals surface area contributed by atoms with Crippen molar-refractivity contribution in [1.82, 2.24) is 9.80 Å². The fraction of sp³-hybridized carbons (Fsp3) is 0.357. The van der Waals surface area contributed by atoms with E-state index in [4.69, 9.17) is 10.4 Å². The van der Waals surface area contributed by atoms with Crippen molar-refractivity contribution < 1.29 is 27.9 Å². The molecule has 2 amide bonds. The van der Waals surface area contributed by atoms with Crippen LogP contribution in [0.1, 0.15) is 16.7 Å². The van der Waals surface area contributed by atoms with Gasteiger partial charge in [-0.1, -0.05) is 12.1 Å². The summed E-state index contributed by atoms with van der Waals surface area (Å²) in [6, 6.07) is 5.10. The molecule has 0 aromatic heterocycles. The summed E-state index contributed by atoms with van der Waals surface area (Å²) >= 11 is 0. The first-order valence-electron chi connectivity index (χ1n) is 6.59. The zero-order valence-electron chi connectivity index (χ0n) is 11.8. The van der Waals surface area contributed by atoms with Crippen molar-refractivity contribution in [2.45, 2.75) is 12.7 Å². The number of piperazine rings is 1. The van der Waals surface area contributed by atoms with Gasteiger partial charge in [-0.25, -0.2) is 4.79 Å². The monoisotopic (exact) mass is 327 g/mol. The number of benzene rings is 1. The highest BCUT2D eigenvalue weighted by molar-refractivity contribution is 5.83. The highest BCUT2D eigenvalue weighted by Crippen LogP contribution is 2.35. The highest BCUT2D eigenvalue weighted by Gasteiger charge is 2.37. The zero-order chi connectivity index (χ0) is 17.2. The van der Waals surface area contributed by atoms with E-state index in [1.54, 1.807) is 0 Å². The van der Waals surface area contributed by atoms with Gasteiger partial charge in [0.2, 0.25) is 5.91 Å². The first-order chi connectivity index (χ1) is 10.7. The molecule has 1 aromatic rings. The smallest absolute Gasteiger partial charge is 0.418 e. The number of carboxylic acid groups (broad SMARTS) is 1. The molecule has 0 spiro atoms. The van der Waals surface area contributed by atoms with E-state index in [-0.39, 0.29) is 25.2 Å². The largest absolute Gasteiger partial charge is 0.465 e. The van der Waals surface area contributed by atoms with E-state index >= 15 is 0 Å². The lowest BCUT2D eigenvalue weighted by Crippen LogP contribution is -2.51. The molecular formula is C14H12F3N3O3. The highest BCUT2D eigenvalue weighted by atomic mass is 19.4. The lowest BCUT2D eigenvalue weighted by atomic mass is 10.0. The van der Waals surface area contributed by atoms with Crippen LogP contribution < -0.4 is 0 Å². The summed E-state index contributed by atoms with van der Waals surface area (Å²) < 4.78 is 39.5. The first-order valence-corrected chi connectivity index (χ1v) is 6.59. The molecule has 9 heteroatoms. The van der Waals surface area contributed by atoms with Crippen LogP contribution in [0.2, 0.25) is 0 Å². The van der Waals surface area contributed by atoms with Gasteiger partial charge in [0.15, 0.2) is 0 Å². The average Bonchev–Trinajstić information content (AvgIpc) is 2.47. The Labute approximate surface area is 129 Å². The maximum absolute atomic E-state index is 13.2. The third-order valence-corrected chi connectivity index (χ3v) is 3.51. The predicted molar refractivity (Wildman–Crippen MR) is 71.2 cm³/mol. The molecule has 1 aliphatic rings. The maximum Gasteiger partial charge on any atom is 0.418 e. The number of nitriles is 1. The second-order valence-electron chi connectivity index (χ2n) is 4.97. The Kier molecular flexibility index (Phi) is 4.45. The lowest BCUT2D eigenvalue weighted by Gasteiger charge is -2.33. The van der Waals surface area contributed by atoms with Gasteiger partial charge in [-0.05, 0) is 11.6 Å². The van der Waals surface area contributed by atoms with Crippen molar-refractivity contribution in [1.29, 1.82) is 5.26 Å². The summed E-state index contributed by atoms with van der Waals surface area (Å²) in [5.41, 5.74) is -1.75. The van der Waals surface area contributed by atoms with Crippen LogP contribution in [-0.2, 0) is 17.5 Å². The van der Waals surface area contributed by atoms with Crippen LogP contribution in [0.4, 0.5) is 18.0 Å². The van der Waals surface area contributed by atoms with E-state index in [1.165, 1.54) is 18.2 Å². The topological polar surface area (TPSA) is 84.6 Å². The minimum Gasteiger partial charge on any atom is -0.465 e. The number of rotatable bonds is 2. The normalized spacial score (nSPS) is 15.5.